The second kappa shape index (κ2) is 8.89. The number of piperazine rings is 1. The van der Waals surface area contributed by atoms with Gasteiger partial charge in [0.25, 0.3) is 0 Å². The van der Waals surface area contributed by atoms with Crippen LogP contribution >= 0.6 is 23.2 Å². The van der Waals surface area contributed by atoms with E-state index in [9.17, 15) is 4.79 Å². The molecule has 0 bridgehead atoms. The van der Waals surface area contributed by atoms with Crippen molar-refractivity contribution < 1.29 is 4.79 Å². The molecule has 0 unspecified atom stereocenters. The quantitative estimate of drug-likeness (QED) is 0.626. The highest BCUT2D eigenvalue weighted by molar-refractivity contribution is 6.35. The van der Waals surface area contributed by atoms with Crippen LogP contribution in [-0.2, 0) is 4.79 Å². The summed E-state index contributed by atoms with van der Waals surface area (Å²) in [6.07, 6.45) is 2.03. The zero-order chi connectivity index (χ0) is 22.2. The summed E-state index contributed by atoms with van der Waals surface area (Å²) in [5, 5.41) is 13.3. The SMILES string of the molecule is C[C@H](c1ccc(Cl)cc1Cl)n1nnc2ccc(N3CCN(C(=O)[C@H]4CCCN4)CC3)cc21. The minimum absolute atomic E-state index is 0.000458. The lowest BCUT2D eigenvalue weighted by Crippen LogP contribution is -2.53. The number of rotatable bonds is 4. The van der Waals surface area contributed by atoms with E-state index >= 15 is 0 Å². The van der Waals surface area contributed by atoms with E-state index in [1.54, 1.807) is 6.07 Å². The molecule has 2 fully saturated rings. The fourth-order valence-electron chi connectivity index (χ4n) is 4.68. The van der Waals surface area contributed by atoms with E-state index < -0.39 is 0 Å². The van der Waals surface area contributed by atoms with Gasteiger partial charge in [-0.2, -0.15) is 0 Å². The third-order valence-corrected chi connectivity index (χ3v) is 7.11. The van der Waals surface area contributed by atoms with Gasteiger partial charge >= 0.3 is 0 Å². The smallest absolute Gasteiger partial charge is 0.239 e. The Morgan fingerprint density at radius 1 is 1.12 bits per heavy atom. The summed E-state index contributed by atoms with van der Waals surface area (Å²) >= 11 is 12.5. The maximum Gasteiger partial charge on any atom is 0.239 e. The molecular formula is C23H26Cl2N6O. The van der Waals surface area contributed by atoms with Crippen molar-refractivity contribution in [3.05, 3.63) is 52.0 Å². The van der Waals surface area contributed by atoms with Crippen molar-refractivity contribution in [2.24, 2.45) is 0 Å². The number of halogens is 2. The van der Waals surface area contributed by atoms with E-state index in [0.717, 1.165) is 67.8 Å². The first kappa shape index (κ1) is 21.5. The monoisotopic (exact) mass is 472 g/mol. The molecule has 2 aliphatic rings. The van der Waals surface area contributed by atoms with E-state index in [-0.39, 0.29) is 18.0 Å². The van der Waals surface area contributed by atoms with Gasteiger partial charge in [0.2, 0.25) is 5.91 Å². The summed E-state index contributed by atoms with van der Waals surface area (Å²) in [7, 11) is 0. The van der Waals surface area contributed by atoms with Gasteiger partial charge in [-0.15, -0.1) is 5.10 Å². The van der Waals surface area contributed by atoms with Gasteiger partial charge in [-0.3, -0.25) is 4.79 Å². The molecule has 0 aliphatic carbocycles. The van der Waals surface area contributed by atoms with E-state index in [0.29, 0.717) is 10.0 Å². The average Bonchev–Trinajstić information content (AvgIpc) is 3.48. The molecule has 168 valence electrons. The number of hydrogen-bond acceptors (Lipinski definition) is 5. The first-order chi connectivity index (χ1) is 15.5. The lowest BCUT2D eigenvalue weighted by Gasteiger charge is -2.37. The molecule has 2 aromatic carbocycles. The Labute approximate surface area is 197 Å². The summed E-state index contributed by atoms with van der Waals surface area (Å²) in [6, 6.07) is 11.6. The fourth-order valence-corrected chi connectivity index (χ4v) is 5.25. The number of benzene rings is 2. The van der Waals surface area contributed by atoms with E-state index in [1.165, 1.54) is 0 Å². The Morgan fingerprint density at radius 2 is 1.94 bits per heavy atom. The number of carbonyl (C=O) groups excluding carboxylic acids is 1. The normalized spacial score (nSPS) is 20.2. The van der Waals surface area contributed by atoms with Crippen LogP contribution in [0.2, 0.25) is 10.0 Å². The molecule has 2 saturated heterocycles. The van der Waals surface area contributed by atoms with Crippen molar-refractivity contribution >= 4 is 45.8 Å². The van der Waals surface area contributed by atoms with Crippen LogP contribution in [-0.4, -0.2) is 64.6 Å². The first-order valence-corrected chi connectivity index (χ1v) is 11.8. The third kappa shape index (κ3) is 4.05. The minimum atomic E-state index is -0.0894. The van der Waals surface area contributed by atoms with Gasteiger partial charge in [0.15, 0.2) is 0 Å². The minimum Gasteiger partial charge on any atom is -0.368 e. The Bertz CT molecular complexity index is 1130. The molecule has 0 spiro atoms. The van der Waals surface area contributed by atoms with Crippen LogP contribution in [0.25, 0.3) is 11.0 Å². The maximum absolute atomic E-state index is 12.7. The predicted molar refractivity (Wildman–Crippen MR) is 128 cm³/mol. The molecule has 1 aromatic heterocycles. The van der Waals surface area contributed by atoms with Gasteiger partial charge in [-0.1, -0.05) is 34.5 Å². The molecule has 32 heavy (non-hydrogen) atoms. The van der Waals surface area contributed by atoms with Crippen molar-refractivity contribution in [1.82, 2.24) is 25.2 Å². The lowest BCUT2D eigenvalue weighted by molar-refractivity contribution is -0.133. The first-order valence-electron chi connectivity index (χ1n) is 11.1. The highest BCUT2D eigenvalue weighted by Crippen LogP contribution is 2.31. The van der Waals surface area contributed by atoms with Crippen LogP contribution in [0.4, 0.5) is 5.69 Å². The van der Waals surface area contributed by atoms with E-state index in [1.807, 2.05) is 27.8 Å². The van der Waals surface area contributed by atoms with E-state index in [2.05, 4.69) is 39.6 Å². The van der Waals surface area contributed by atoms with Crippen LogP contribution in [0.5, 0.6) is 0 Å². The van der Waals surface area contributed by atoms with Crippen molar-refractivity contribution in [1.29, 1.82) is 0 Å². The van der Waals surface area contributed by atoms with Gasteiger partial charge in [0.05, 0.1) is 17.6 Å². The van der Waals surface area contributed by atoms with Crippen molar-refractivity contribution in [3.8, 4) is 0 Å². The summed E-state index contributed by atoms with van der Waals surface area (Å²) in [4.78, 5) is 17.0. The number of fused-ring (bicyclic) bond motifs is 1. The molecule has 2 atom stereocenters. The molecule has 9 heteroatoms. The molecule has 1 N–H and O–H groups in total. The number of nitrogens with zero attached hydrogens (tertiary/aromatic N) is 5. The molecule has 3 aromatic rings. The number of aromatic nitrogens is 3. The van der Waals surface area contributed by atoms with Crippen LogP contribution in [0, 0.1) is 0 Å². The zero-order valence-electron chi connectivity index (χ0n) is 18.0. The number of amides is 1. The van der Waals surface area contributed by atoms with E-state index in [4.69, 9.17) is 23.2 Å². The Hall–Kier alpha value is -2.35. The van der Waals surface area contributed by atoms with Crippen LogP contribution in [0.3, 0.4) is 0 Å². The standard InChI is InChI=1S/C23H26Cl2N6O/c1-15(18-6-4-16(24)13-19(18)25)31-22-14-17(5-7-20(22)27-28-31)29-9-11-30(12-10-29)23(32)21-3-2-8-26-21/h4-7,13-15,21,26H,2-3,8-12H2,1H3/t15-,21-/m1/s1. The van der Waals surface area contributed by atoms with Crippen molar-refractivity contribution in [2.45, 2.75) is 31.8 Å². The molecule has 1 amide bonds. The Balaban J connectivity index is 1.34. The number of anilines is 1. The van der Waals surface area contributed by atoms with Gasteiger partial charge in [0.1, 0.15) is 5.52 Å². The predicted octanol–water partition coefficient (Wildman–Crippen LogP) is 3.75. The highest BCUT2D eigenvalue weighted by atomic mass is 35.5. The molecule has 0 saturated carbocycles. The molecular weight excluding hydrogens is 447 g/mol. The van der Waals surface area contributed by atoms with Crippen LogP contribution < -0.4 is 10.2 Å². The summed E-state index contributed by atoms with van der Waals surface area (Å²) in [5.74, 6) is 0.244. The van der Waals surface area contributed by atoms with Crippen molar-refractivity contribution in [3.63, 3.8) is 0 Å². The summed E-state index contributed by atoms with van der Waals surface area (Å²) in [6.45, 7) is 6.09. The maximum atomic E-state index is 12.7. The number of carbonyl (C=O) groups is 1. The van der Waals surface area contributed by atoms with Gasteiger partial charge < -0.3 is 15.1 Å². The molecule has 3 heterocycles. The van der Waals surface area contributed by atoms with Gasteiger partial charge in [-0.05, 0) is 62.2 Å². The fraction of sp³-hybridized carbons (Fsp3) is 0.435. The molecule has 5 rings (SSSR count). The molecule has 7 nitrogen and oxygen atoms in total. The molecule has 2 aliphatic heterocycles. The second-order valence-electron chi connectivity index (χ2n) is 8.51. The summed E-state index contributed by atoms with van der Waals surface area (Å²) in [5.41, 5.74) is 3.85. The van der Waals surface area contributed by atoms with Gasteiger partial charge in [0, 0.05) is 41.9 Å². The summed E-state index contributed by atoms with van der Waals surface area (Å²) < 4.78 is 1.90. The van der Waals surface area contributed by atoms with Crippen LogP contribution in [0.1, 0.15) is 31.4 Å². The lowest BCUT2D eigenvalue weighted by atomic mass is 10.1. The van der Waals surface area contributed by atoms with Crippen molar-refractivity contribution in [2.75, 3.05) is 37.6 Å². The Morgan fingerprint density at radius 3 is 2.66 bits per heavy atom. The van der Waals surface area contributed by atoms with Crippen LogP contribution in [0.15, 0.2) is 36.4 Å². The number of hydrogen-bond donors (Lipinski definition) is 1. The van der Waals surface area contributed by atoms with Gasteiger partial charge in [-0.25, -0.2) is 4.68 Å². The average molecular weight is 473 g/mol. The number of nitrogens with one attached hydrogen (secondary N) is 1. The topological polar surface area (TPSA) is 66.3 Å². The Kier molecular flexibility index (Phi) is 5.97. The highest BCUT2D eigenvalue weighted by Gasteiger charge is 2.29. The second-order valence-corrected chi connectivity index (χ2v) is 9.35. The largest absolute Gasteiger partial charge is 0.368 e. The third-order valence-electron chi connectivity index (χ3n) is 6.55. The molecule has 0 radical (unpaired) electrons. The zero-order valence-corrected chi connectivity index (χ0v) is 19.5.